The number of thioether (sulfide) groups is 1. The molecule has 0 spiro atoms. The number of ether oxygens (including phenoxy) is 1. The average molecular weight is 325 g/mol. The van der Waals surface area contributed by atoms with Crippen LogP contribution in [0.3, 0.4) is 0 Å². The minimum atomic E-state index is 0.415. The van der Waals surface area contributed by atoms with Crippen LogP contribution in [0.15, 0.2) is 59.8 Å². The third-order valence-electron chi connectivity index (χ3n) is 3.52. The predicted octanol–water partition coefficient (Wildman–Crippen LogP) is 3.99. The molecule has 0 aliphatic rings. The van der Waals surface area contributed by atoms with Gasteiger partial charge in [-0.05, 0) is 24.6 Å². The van der Waals surface area contributed by atoms with E-state index in [9.17, 15) is 0 Å². The second-order valence-electron chi connectivity index (χ2n) is 5.33. The fourth-order valence-corrected chi connectivity index (χ4v) is 2.99. The van der Waals surface area contributed by atoms with Crippen molar-refractivity contribution in [3.63, 3.8) is 0 Å². The van der Waals surface area contributed by atoms with Crippen molar-refractivity contribution in [1.82, 2.24) is 14.8 Å². The summed E-state index contributed by atoms with van der Waals surface area (Å²) in [7, 11) is 1.97. The first kappa shape index (κ1) is 15.6. The van der Waals surface area contributed by atoms with Gasteiger partial charge in [0, 0.05) is 12.8 Å². The Bertz CT molecular complexity index is 754. The predicted molar refractivity (Wildman–Crippen MR) is 92.5 cm³/mol. The minimum absolute atomic E-state index is 0.415. The maximum atomic E-state index is 5.77. The Morgan fingerprint density at radius 3 is 2.48 bits per heavy atom. The summed E-state index contributed by atoms with van der Waals surface area (Å²) in [5.74, 6) is 2.55. The molecule has 5 heteroatoms. The molecule has 3 rings (SSSR count). The normalized spacial score (nSPS) is 10.7. The molecule has 0 radical (unpaired) electrons. The van der Waals surface area contributed by atoms with Gasteiger partial charge in [0.15, 0.2) is 11.0 Å². The Morgan fingerprint density at radius 2 is 1.74 bits per heavy atom. The summed E-state index contributed by atoms with van der Waals surface area (Å²) >= 11 is 1.68. The van der Waals surface area contributed by atoms with E-state index in [0.717, 1.165) is 22.5 Å². The van der Waals surface area contributed by atoms with E-state index in [1.807, 2.05) is 54.1 Å². The number of nitrogens with zero attached hydrogens (tertiary/aromatic N) is 3. The van der Waals surface area contributed by atoms with Gasteiger partial charge in [-0.25, -0.2) is 0 Å². The molecule has 0 saturated carbocycles. The van der Waals surface area contributed by atoms with Gasteiger partial charge in [-0.15, -0.1) is 10.2 Å². The van der Waals surface area contributed by atoms with Gasteiger partial charge < -0.3 is 9.30 Å². The Kier molecular flexibility index (Phi) is 4.98. The monoisotopic (exact) mass is 325 g/mol. The first-order valence-corrected chi connectivity index (χ1v) is 8.45. The molecule has 1 heterocycles. The highest BCUT2D eigenvalue weighted by atomic mass is 32.2. The second kappa shape index (κ2) is 7.33. The van der Waals surface area contributed by atoms with Gasteiger partial charge in [-0.3, -0.25) is 0 Å². The fourth-order valence-electron chi connectivity index (χ4n) is 2.10. The molecule has 0 unspecified atom stereocenters. The molecule has 118 valence electrons. The zero-order valence-electron chi connectivity index (χ0n) is 13.3. The van der Waals surface area contributed by atoms with E-state index in [4.69, 9.17) is 4.74 Å². The highest BCUT2D eigenvalue weighted by Gasteiger charge is 2.10. The highest BCUT2D eigenvalue weighted by Crippen LogP contribution is 2.21. The van der Waals surface area contributed by atoms with Gasteiger partial charge in [-0.2, -0.15) is 0 Å². The zero-order chi connectivity index (χ0) is 16.1. The lowest BCUT2D eigenvalue weighted by atomic mass is 10.2. The highest BCUT2D eigenvalue weighted by molar-refractivity contribution is 7.98. The van der Waals surface area contributed by atoms with Gasteiger partial charge in [0.2, 0.25) is 0 Å². The topological polar surface area (TPSA) is 39.9 Å². The van der Waals surface area contributed by atoms with Crippen LogP contribution in [-0.4, -0.2) is 14.8 Å². The largest absolute Gasteiger partial charge is 0.486 e. The van der Waals surface area contributed by atoms with Crippen LogP contribution in [0.4, 0.5) is 0 Å². The molecule has 0 aliphatic carbocycles. The van der Waals surface area contributed by atoms with Crippen molar-refractivity contribution in [2.45, 2.75) is 24.4 Å². The number of aromatic nitrogens is 3. The summed E-state index contributed by atoms with van der Waals surface area (Å²) in [6.45, 7) is 2.47. The molecule has 0 bridgehead atoms. The lowest BCUT2D eigenvalue weighted by Crippen LogP contribution is -2.04. The molecule has 3 aromatic rings. The molecule has 0 N–H and O–H groups in total. The number of hydrogen-bond donors (Lipinski definition) is 0. The lowest BCUT2D eigenvalue weighted by molar-refractivity contribution is 0.290. The fraction of sp³-hybridized carbons (Fsp3) is 0.222. The van der Waals surface area contributed by atoms with E-state index in [1.165, 1.54) is 11.1 Å². The number of benzene rings is 2. The van der Waals surface area contributed by atoms with Crippen LogP contribution in [0.1, 0.15) is 17.0 Å². The van der Waals surface area contributed by atoms with Crippen molar-refractivity contribution in [2.24, 2.45) is 7.05 Å². The molecule has 0 fully saturated rings. The van der Waals surface area contributed by atoms with Crippen LogP contribution in [0.5, 0.6) is 5.75 Å². The standard InChI is InChI=1S/C18H19N3OS/c1-14-8-10-16(11-9-14)22-12-17-19-20-18(21(17)2)23-13-15-6-4-3-5-7-15/h3-11H,12-13H2,1-2H3. The molecule has 2 aromatic carbocycles. The average Bonchev–Trinajstić information content (AvgIpc) is 2.93. The van der Waals surface area contributed by atoms with Crippen LogP contribution < -0.4 is 4.74 Å². The van der Waals surface area contributed by atoms with E-state index >= 15 is 0 Å². The summed E-state index contributed by atoms with van der Waals surface area (Å²) in [5.41, 5.74) is 2.49. The van der Waals surface area contributed by atoms with Crippen molar-refractivity contribution in [3.8, 4) is 5.75 Å². The van der Waals surface area contributed by atoms with E-state index < -0.39 is 0 Å². The molecule has 4 nitrogen and oxygen atoms in total. The first-order chi connectivity index (χ1) is 11.2. The van der Waals surface area contributed by atoms with Gasteiger partial charge in [0.25, 0.3) is 0 Å². The third kappa shape index (κ3) is 4.13. The van der Waals surface area contributed by atoms with E-state index in [0.29, 0.717) is 6.61 Å². The van der Waals surface area contributed by atoms with Crippen molar-refractivity contribution in [2.75, 3.05) is 0 Å². The molecule has 0 amide bonds. The Hall–Kier alpha value is -2.27. The minimum Gasteiger partial charge on any atom is -0.486 e. The van der Waals surface area contributed by atoms with Gasteiger partial charge >= 0.3 is 0 Å². The first-order valence-electron chi connectivity index (χ1n) is 7.47. The van der Waals surface area contributed by atoms with Crippen molar-refractivity contribution >= 4 is 11.8 Å². The van der Waals surface area contributed by atoms with Crippen molar-refractivity contribution < 1.29 is 4.74 Å². The Balaban J connectivity index is 1.59. The Morgan fingerprint density at radius 1 is 1.00 bits per heavy atom. The third-order valence-corrected chi connectivity index (χ3v) is 4.62. The van der Waals surface area contributed by atoms with E-state index in [-0.39, 0.29) is 0 Å². The number of rotatable bonds is 6. The van der Waals surface area contributed by atoms with Crippen LogP contribution in [0, 0.1) is 6.92 Å². The lowest BCUT2D eigenvalue weighted by Gasteiger charge is -2.07. The molecule has 1 aromatic heterocycles. The van der Waals surface area contributed by atoms with Crippen molar-refractivity contribution in [3.05, 3.63) is 71.5 Å². The molecule has 0 saturated heterocycles. The van der Waals surface area contributed by atoms with Crippen LogP contribution in [-0.2, 0) is 19.4 Å². The second-order valence-corrected chi connectivity index (χ2v) is 6.28. The summed E-state index contributed by atoms with van der Waals surface area (Å²) in [4.78, 5) is 0. The summed E-state index contributed by atoms with van der Waals surface area (Å²) < 4.78 is 7.76. The van der Waals surface area contributed by atoms with Gasteiger partial charge in [0.1, 0.15) is 12.4 Å². The van der Waals surface area contributed by atoms with Crippen LogP contribution >= 0.6 is 11.8 Å². The van der Waals surface area contributed by atoms with Gasteiger partial charge in [0.05, 0.1) is 0 Å². The molecular formula is C18H19N3OS. The summed E-state index contributed by atoms with van der Waals surface area (Å²) in [6.07, 6.45) is 0. The summed E-state index contributed by atoms with van der Waals surface area (Å²) in [6, 6.07) is 18.4. The number of aryl methyl sites for hydroxylation is 1. The molecule has 23 heavy (non-hydrogen) atoms. The maximum absolute atomic E-state index is 5.77. The number of hydrogen-bond acceptors (Lipinski definition) is 4. The Labute approximate surface area is 140 Å². The summed E-state index contributed by atoms with van der Waals surface area (Å²) in [5, 5.41) is 9.38. The smallest absolute Gasteiger partial charge is 0.191 e. The SMILES string of the molecule is Cc1ccc(OCc2nnc(SCc3ccccc3)n2C)cc1. The molecule has 0 aliphatic heterocycles. The molecule has 0 atom stereocenters. The maximum Gasteiger partial charge on any atom is 0.191 e. The van der Waals surface area contributed by atoms with Crippen LogP contribution in [0.2, 0.25) is 0 Å². The van der Waals surface area contributed by atoms with Gasteiger partial charge in [-0.1, -0.05) is 59.8 Å². The van der Waals surface area contributed by atoms with E-state index in [2.05, 4.69) is 29.3 Å². The molecular weight excluding hydrogens is 306 g/mol. The van der Waals surface area contributed by atoms with E-state index in [1.54, 1.807) is 11.8 Å². The quantitative estimate of drug-likeness (QED) is 0.642. The van der Waals surface area contributed by atoms with Crippen molar-refractivity contribution in [1.29, 1.82) is 0 Å². The van der Waals surface area contributed by atoms with Crippen LogP contribution in [0.25, 0.3) is 0 Å². The zero-order valence-corrected chi connectivity index (χ0v) is 14.1.